The van der Waals surface area contributed by atoms with Crippen LogP contribution in [0.5, 0.6) is 5.75 Å². The molecule has 5 nitrogen and oxygen atoms in total. The van der Waals surface area contributed by atoms with Crippen LogP contribution in [0.4, 0.5) is 5.69 Å². The number of hydrogen-bond acceptors (Lipinski definition) is 4. The summed E-state index contributed by atoms with van der Waals surface area (Å²) in [6, 6.07) is 12.2. The van der Waals surface area contributed by atoms with E-state index in [0.717, 1.165) is 15.2 Å². The van der Waals surface area contributed by atoms with Gasteiger partial charge in [0.15, 0.2) is 0 Å². The van der Waals surface area contributed by atoms with Crippen molar-refractivity contribution in [3.63, 3.8) is 0 Å². The molecular formula is C16H18BrNO4Si. The van der Waals surface area contributed by atoms with Gasteiger partial charge in [0.25, 0.3) is 5.69 Å². The molecule has 2 aromatic carbocycles. The predicted octanol–water partition coefficient (Wildman–Crippen LogP) is 3.38. The van der Waals surface area contributed by atoms with Crippen molar-refractivity contribution < 1.29 is 14.8 Å². The molecule has 0 unspecified atom stereocenters. The maximum absolute atomic E-state index is 11.3. The average Bonchev–Trinajstić information content (AvgIpc) is 2.53. The zero-order valence-electron chi connectivity index (χ0n) is 13.0. The van der Waals surface area contributed by atoms with E-state index in [0.29, 0.717) is 12.0 Å². The topological polar surface area (TPSA) is 72.6 Å². The lowest BCUT2D eigenvalue weighted by Crippen LogP contribution is -2.48. The van der Waals surface area contributed by atoms with E-state index in [1.807, 2.05) is 19.2 Å². The third kappa shape index (κ3) is 4.40. The first-order valence-electron chi connectivity index (χ1n) is 7.10. The lowest BCUT2D eigenvalue weighted by Gasteiger charge is -2.23. The van der Waals surface area contributed by atoms with Crippen LogP contribution in [0.2, 0.25) is 13.1 Å². The monoisotopic (exact) mass is 395 g/mol. The fourth-order valence-corrected chi connectivity index (χ4v) is 4.91. The highest BCUT2D eigenvalue weighted by atomic mass is 79.9. The molecule has 122 valence electrons. The molecule has 2 rings (SSSR count). The van der Waals surface area contributed by atoms with E-state index in [1.54, 1.807) is 30.3 Å². The molecule has 7 heteroatoms. The summed E-state index contributed by atoms with van der Waals surface area (Å²) in [6.07, 6.45) is 0.433. The van der Waals surface area contributed by atoms with Gasteiger partial charge in [-0.2, -0.15) is 0 Å². The summed E-state index contributed by atoms with van der Waals surface area (Å²) in [6.45, 7) is 4.08. The first-order chi connectivity index (χ1) is 10.8. The minimum Gasteiger partial charge on any atom is -0.497 e. The third-order valence-corrected chi connectivity index (χ3v) is 6.81. The Morgan fingerprint density at radius 3 is 2.43 bits per heavy atom. The summed E-state index contributed by atoms with van der Waals surface area (Å²) < 4.78 is 6.67. The van der Waals surface area contributed by atoms with E-state index in [-0.39, 0.29) is 17.2 Å². The highest BCUT2D eigenvalue weighted by Crippen LogP contribution is 2.21. The Balaban J connectivity index is 2.20. The van der Waals surface area contributed by atoms with Gasteiger partial charge in [0.1, 0.15) is 13.8 Å². The fraction of sp³-hybridized carbons (Fsp3) is 0.250. The number of aliphatic hydroxyl groups is 1. The Labute approximate surface area is 144 Å². The second-order valence-corrected chi connectivity index (χ2v) is 11.4. The number of nitro groups is 1. The van der Waals surface area contributed by atoms with Crippen LogP contribution in [0.15, 0.2) is 46.9 Å². The van der Waals surface area contributed by atoms with Crippen molar-refractivity contribution in [2.75, 3.05) is 6.23 Å². The molecule has 0 aliphatic carbocycles. The van der Waals surface area contributed by atoms with Gasteiger partial charge in [-0.1, -0.05) is 41.2 Å². The van der Waals surface area contributed by atoms with Gasteiger partial charge in [0.05, 0.1) is 17.8 Å². The van der Waals surface area contributed by atoms with Crippen molar-refractivity contribution in [3.05, 3.63) is 62.6 Å². The Kier molecular flexibility index (Phi) is 5.56. The van der Waals surface area contributed by atoms with Crippen LogP contribution in [0, 0.1) is 10.1 Å². The van der Waals surface area contributed by atoms with Gasteiger partial charge in [0, 0.05) is 15.7 Å². The van der Waals surface area contributed by atoms with Gasteiger partial charge in [-0.25, -0.2) is 0 Å². The van der Waals surface area contributed by atoms with Crippen molar-refractivity contribution in [3.8, 4) is 5.75 Å². The zero-order chi connectivity index (χ0) is 17.0. The van der Waals surface area contributed by atoms with Gasteiger partial charge >= 0.3 is 0 Å². The van der Waals surface area contributed by atoms with Crippen molar-refractivity contribution in [2.45, 2.75) is 19.7 Å². The van der Waals surface area contributed by atoms with E-state index >= 15 is 0 Å². The molecule has 0 saturated carbocycles. The molecule has 0 bridgehead atoms. The first-order valence-corrected chi connectivity index (χ1v) is 11.1. The lowest BCUT2D eigenvalue weighted by atomic mass is 10.2. The standard InChI is InChI=1S/C16H18BrNO4Si/c1-23(2,11-22-14-6-3-12(10-19)4-7-14)16-9-13(17)5-8-15(16)18(20)21/h3-9,19H,10-11H2,1-2H3. The van der Waals surface area contributed by atoms with Crippen molar-refractivity contribution in [1.82, 2.24) is 0 Å². The van der Waals surface area contributed by atoms with Crippen LogP contribution in [0.25, 0.3) is 0 Å². The summed E-state index contributed by atoms with van der Waals surface area (Å²) in [7, 11) is -2.17. The second kappa shape index (κ2) is 7.25. The van der Waals surface area contributed by atoms with Crippen LogP contribution in [0.3, 0.4) is 0 Å². The molecule has 0 saturated heterocycles. The molecule has 0 amide bonds. The fourth-order valence-electron chi connectivity index (χ4n) is 2.24. The third-order valence-electron chi connectivity index (χ3n) is 3.59. The first kappa shape index (κ1) is 17.6. The molecular weight excluding hydrogens is 378 g/mol. The summed E-state index contributed by atoms with van der Waals surface area (Å²) in [5.74, 6) is 0.695. The number of nitro benzene ring substituents is 1. The Morgan fingerprint density at radius 1 is 1.22 bits per heavy atom. The molecule has 0 radical (unpaired) electrons. The van der Waals surface area contributed by atoms with Crippen molar-refractivity contribution in [1.29, 1.82) is 0 Å². The number of rotatable bonds is 6. The largest absolute Gasteiger partial charge is 0.497 e. The number of nitrogens with zero attached hydrogens (tertiary/aromatic N) is 1. The molecule has 0 aromatic heterocycles. The van der Waals surface area contributed by atoms with Gasteiger partial charge in [-0.05, 0) is 29.8 Å². The number of hydrogen-bond donors (Lipinski definition) is 1. The van der Waals surface area contributed by atoms with Crippen molar-refractivity contribution in [2.24, 2.45) is 0 Å². The minimum atomic E-state index is -2.17. The van der Waals surface area contributed by atoms with Crippen LogP contribution in [-0.2, 0) is 6.61 Å². The molecule has 0 atom stereocenters. The van der Waals surface area contributed by atoms with Crippen LogP contribution in [0.1, 0.15) is 5.56 Å². The van der Waals surface area contributed by atoms with Crippen LogP contribution in [-0.4, -0.2) is 24.3 Å². The predicted molar refractivity (Wildman–Crippen MR) is 95.8 cm³/mol. The van der Waals surface area contributed by atoms with Crippen LogP contribution < -0.4 is 9.92 Å². The molecule has 0 fully saturated rings. The highest BCUT2D eigenvalue weighted by Gasteiger charge is 2.32. The molecule has 23 heavy (non-hydrogen) atoms. The maximum Gasteiger partial charge on any atom is 0.268 e. The maximum atomic E-state index is 11.3. The SMILES string of the molecule is C[Si](C)(COc1ccc(CO)cc1)c1cc(Br)ccc1[N+](=O)[O-]. The summed E-state index contributed by atoms with van der Waals surface area (Å²) in [5, 5.41) is 21.1. The van der Waals surface area contributed by atoms with E-state index in [1.165, 1.54) is 6.07 Å². The number of halogens is 1. The van der Waals surface area contributed by atoms with E-state index in [2.05, 4.69) is 15.9 Å². The summed E-state index contributed by atoms with van der Waals surface area (Å²) >= 11 is 3.38. The smallest absolute Gasteiger partial charge is 0.268 e. The lowest BCUT2D eigenvalue weighted by molar-refractivity contribution is -0.383. The second-order valence-electron chi connectivity index (χ2n) is 5.89. The Morgan fingerprint density at radius 2 is 1.87 bits per heavy atom. The Hall–Kier alpha value is -1.70. The normalized spacial score (nSPS) is 11.3. The van der Waals surface area contributed by atoms with E-state index < -0.39 is 8.07 Å². The van der Waals surface area contributed by atoms with E-state index in [9.17, 15) is 10.1 Å². The highest BCUT2D eigenvalue weighted by molar-refractivity contribution is 9.10. The number of ether oxygens (including phenoxy) is 1. The van der Waals surface area contributed by atoms with Crippen LogP contribution >= 0.6 is 15.9 Å². The van der Waals surface area contributed by atoms with Gasteiger partial charge in [-0.3, -0.25) is 10.1 Å². The minimum absolute atomic E-state index is 0.00917. The average molecular weight is 396 g/mol. The molecule has 0 heterocycles. The molecule has 2 aromatic rings. The van der Waals surface area contributed by atoms with Gasteiger partial charge < -0.3 is 9.84 Å². The summed E-state index contributed by atoms with van der Waals surface area (Å²) in [4.78, 5) is 10.9. The van der Waals surface area contributed by atoms with Gasteiger partial charge in [-0.15, -0.1) is 0 Å². The number of benzene rings is 2. The molecule has 0 aliphatic rings. The quantitative estimate of drug-likeness (QED) is 0.462. The van der Waals surface area contributed by atoms with Gasteiger partial charge in [0.2, 0.25) is 0 Å². The molecule has 0 spiro atoms. The Bertz CT molecular complexity index is 704. The van der Waals surface area contributed by atoms with Crippen molar-refractivity contribution >= 4 is 34.9 Å². The summed E-state index contributed by atoms with van der Waals surface area (Å²) in [5.41, 5.74) is 0.959. The molecule has 1 N–H and O–H groups in total. The molecule has 0 aliphatic heterocycles. The van der Waals surface area contributed by atoms with E-state index in [4.69, 9.17) is 9.84 Å². The zero-order valence-corrected chi connectivity index (χ0v) is 15.5. The number of aliphatic hydroxyl groups excluding tert-OH is 1.